The van der Waals surface area contributed by atoms with E-state index in [4.69, 9.17) is 16.3 Å². The Balaban J connectivity index is 1.55. The van der Waals surface area contributed by atoms with Crippen molar-refractivity contribution in [1.82, 2.24) is 5.32 Å². The van der Waals surface area contributed by atoms with Gasteiger partial charge in [-0.25, -0.2) is 13.2 Å². The zero-order chi connectivity index (χ0) is 17.2. The molecule has 24 heavy (non-hydrogen) atoms. The van der Waals surface area contributed by atoms with Gasteiger partial charge in [-0.15, -0.1) is 0 Å². The summed E-state index contributed by atoms with van der Waals surface area (Å²) in [4.78, 5) is 12.0. The molecule has 2 aliphatic rings. The molecule has 0 spiro atoms. The molecule has 1 aromatic rings. The molecule has 6 nitrogen and oxygen atoms in total. The molecule has 0 aromatic heterocycles. The van der Waals surface area contributed by atoms with Gasteiger partial charge in [0.1, 0.15) is 5.75 Å². The van der Waals surface area contributed by atoms with Crippen LogP contribution in [-0.2, 0) is 9.84 Å². The Kier molecular flexibility index (Phi) is 5.20. The van der Waals surface area contributed by atoms with Crippen molar-refractivity contribution in [1.29, 1.82) is 0 Å². The second-order valence-corrected chi connectivity index (χ2v) is 9.00. The maximum absolute atomic E-state index is 12.0. The van der Waals surface area contributed by atoms with Crippen molar-refractivity contribution in [2.24, 2.45) is 0 Å². The second kappa shape index (κ2) is 7.19. The minimum atomic E-state index is -3.02. The fourth-order valence-corrected chi connectivity index (χ4v) is 5.02. The van der Waals surface area contributed by atoms with Gasteiger partial charge in [-0.3, -0.25) is 0 Å². The first-order valence-corrected chi connectivity index (χ1v) is 10.4. The van der Waals surface area contributed by atoms with Crippen LogP contribution in [0.15, 0.2) is 18.2 Å². The molecule has 1 aliphatic heterocycles. The molecule has 1 unspecified atom stereocenters. The predicted molar refractivity (Wildman–Crippen MR) is 93.5 cm³/mol. The molecule has 0 radical (unpaired) electrons. The number of sulfone groups is 1. The summed E-state index contributed by atoms with van der Waals surface area (Å²) < 4.78 is 28.7. The Morgan fingerprint density at radius 3 is 2.58 bits per heavy atom. The van der Waals surface area contributed by atoms with Crippen molar-refractivity contribution in [3.05, 3.63) is 23.2 Å². The molecule has 2 amide bonds. The quantitative estimate of drug-likeness (QED) is 0.850. The Labute approximate surface area is 146 Å². The zero-order valence-corrected chi connectivity index (χ0v) is 14.8. The summed E-state index contributed by atoms with van der Waals surface area (Å²) in [7, 11) is -3.02. The molecule has 2 N–H and O–H groups in total. The molecule has 1 saturated heterocycles. The summed E-state index contributed by atoms with van der Waals surface area (Å²) >= 11 is 6.22. The van der Waals surface area contributed by atoms with E-state index in [0.29, 0.717) is 22.9 Å². The summed E-state index contributed by atoms with van der Waals surface area (Å²) in [5.74, 6) is 0.739. The Morgan fingerprint density at radius 2 is 1.96 bits per heavy atom. The average Bonchev–Trinajstić information content (AvgIpc) is 3.11. The van der Waals surface area contributed by atoms with Crippen LogP contribution >= 0.6 is 11.6 Å². The standard InChI is InChI=1S/C16H21ClN2O4S/c17-14-9-11(5-6-15(14)23-13-3-1-2-4-13)18-16(20)19-12-7-8-24(21,22)10-12/h5-6,9,12-13H,1-4,7-8,10H2,(H2,18,19,20). The molecule has 1 aromatic carbocycles. The third-order valence-corrected chi connectivity index (χ3v) is 6.42. The van der Waals surface area contributed by atoms with Crippen LogP contribution in [-0.4, -0.2) is 38.1 Å². The molecule has 0 bridgehead atoms. The van der Waals surface area contributed by atoms with E-state index in [2.05, 4.69) is 10.6 Å². The number of amides is 2. The number of hydrogen-bond acceptors (Lipinski definition) is 4. The van der Waals surface area contributed by atoms with E-state index in [9.17, 15) is 13.2 Å². The highest BCUT2D eigenvalue weighted by Crippen LogP contribution is 2.31. The van der Waals surface area contributed by atoms with Gasteiger partial charge in [0.05, 0.1) is 22.6 Å². The van der Waals surface area contributed by atoms with Gasteiger partial charge in [-0.2, -0.15) is 0 Å². The largest absolute Gasteiger partial charge is 0.489 e. The third-order valence-electron chi connectivity index (χ3n) is 4.35. The lowest BCUT2D eigenvalue weighted by Gasteiger charge is -2.16. The topological polar surface area (TPSA) is 84.5 Å². The first-order chi connectivity index (χ1) is 11.4. The second-order valence-electron chi connectivity index (χ2n) is 6.37. The van der Waals surface area contributed by atoms with Crippen LogP contribution in [0, 0.1) is 0 Å². The van der Waals surface area contributed by atoms with E-state index in [-0.39, 0.29) is 23.7 Å². The smallest absolute Gasteiger partial charge is 0.319 e. The van der Waals surface area contributed by atoms with E-state index in [1.165, 1.54) is 12.8 Å². The molecule has 132 valence electrons. The molecule has 2 fully saturated rings. The Morgan fingerprint density at radius 1 is 1.21 bits per heavy atom. The monoisotopic (exact) mass is 372 g/mol. The van der Waals surface area contributed by atoms with E-state index in [1.807, 2.05) is 0 Å². The number of halogens is 1. The van der Waals surface area contributed by atoms with Gasteiger partial charge in [0.15, 0.2) is 9.84 Å². The Bertz CT molecular complexity index is 717. The fraction of sp³-hybridized carbons (Fsp3) is 0.562. The number of anilines is 1. The van der Waals surface area contributed by atoms with Crippen LogP contribution < -0.4 is 15.4 Å². The van der Waals surface area contributed by atoms with Gasteiger partial charge in [0.2, 0.25) is 0 Å². The highest BCUT2D eigenvalue weighted by Gasteiger charge is 2.28. The third kappa shape index (κ3) is 4.54. The van der Waals surface area contributed by atoms with Crippen molar-refractivity contribution < 1.29 is 17.9 Å². The molecular formula is C16H21ClN2O4S. The number of rotatable bonds is 4. The summed E-state index contributed by atoms with van der Waals surface area (Å²) in [6.45, 7) is 0. The van der Waals surface area contributed by atoms with Crippen LogP contribution in [0.5, 0.6) is 5.75 Å². The van der Waals surface area contributed by atoms with Gasteiger partial charge < -0.3 is 15.4 Å². The van der Waals surface area contributed by atoms with E-state index in [1.54, 1.807) is 18.2 Å². The van der Waals surface area contributed by atoms with Crippen molar-refractivity contribution in [2.45, 2.75) is 44.2 Å². The van der Waals surface area contributed by atoms with Crippen LogP contribution in [0.4, 0.5) is 10.5 Å². The minimum absolute atomic E-state index is 0.00462. The van der Waals surface area contributed by atoms with Gasteiger partial charge in [-0.05, 0) is 50.3 Å². The van der Waals surface area contributed by atoms with E-state index >= 15 is 0 Å². The van der Waals surface area contributed by atoms with Gasteiger partial charge in [-0.1, -0.05) is 11.6 Å². The maximum Gasteiger partial charge on any atom is 0.319 e. The molecule has 1 atom stereocenters. The molecule has 8 heteroatoms. The van der Waals surface area contributed by atoms with Crippen LogP contribution in [0.1, 0.15) is 32.1 Å². The van der Waals surface area contributed by atoms with Gasteiger partial charge in [0, 0.05) is 11.7 Å². The van der Waals surface area contributed by atoms with Crippen molar-refractivity contribution in [3.8, 4) is 5.75 Å². The van der Waals surface area contributed by atoms with Crippen LogP contribution in [0.25, 0.3) is 0 Å². The fourth-order valence-electron chi connectivity index (χ4n) is 3.12. The summed E-state index contributed by atoms with van der Waals surface area (Å²) in [6, 6.07) is 4.34. The lowest BCUT2D eigenvalue weighted by atomic mass is 10.2. The number of hydrogen-bond donors (Lipinski definition) is 2. The van der Waals surface area contributed by atoms with Crippen LogP contribution in [0.3, 0.4) is 0 Å². The minimum Gasteiger partial charge on any atom is -0.489 e. The van der Waals surface area contributed by atoms with E-state index < -0.39 is 15.9 Å². The lowest BCUT2D eigenvalue weighted by molar-refractivity contribution is 0.210. The Hall–Kier alpha value is -1.47. The molecular weight excluding hydrogens is 352 g/mol. The molecule has 3 rings (SSSR count). The first kappa shape index (κ1) is 17.4. The number of urea groups is 1. The number of carbonyl (C=O) groups excluding carboxylic acids is 1. The number of carbonyl (C=O) groups is 1. The lowest BCUT2D eigenvalue weighted by Crippen LogP contribution is -2.38. The SMILES string of the molecule is O=C(Nc1ccc(OC2CCCC2)c(Cl)c1)NC1CCS(=O)(=O)C1. The number of benzene rings is 1. The zero-order valence-electron chi connectivity index (χ0n) is 13.3. The maximum atomic E-state index is 12.0. The summed E-state index contributed by atoms with van der Waals surface area (Å²) in [6.07, 6.45) is 5.11. The highest BCUT2D eigenvalue weighted by atomic mass is 35.5. The number of nitrogens with one attached hydrogen (secondary N) is 2. The van der Waals surface area contributed by atoms with Gasteiger partial charge in [0.25, 0.3) is 0 Å². The normalized spacial score (nSPS) is 23.1. The molecule has 1 aliphatic carbocycles. The van der Waals surface area contributed by atoms with Crippen molar-refractivity contribution in [2.75, 3.05) is 16.8 Å². The molecule has 1 saturated carbocycles. The van der Waals surface area contributed by atoms with Crippen molar-refractivity contribution in [3.63, 3.8) is 0 Å². The predicted octanol–water partition coefficient (Wildman–Crippen LogP) is 2.97. The summed E-state index contributed by atoms with van der Waals surface area (Å²) in [5, 5.41) is 5.79. The van der Waals surface area contributed by atoms with Crippen molar-refractivity contribution >= 4 is 33.2 Å². The van der Waals surface area contributed by atoms with E-state index in [0.717, 1.165) is 12.8 Å². The van der Waals surface area contributed by atoms with Gasteiger partial charge >= 0.3 is 6.03 Å². The van der Waals surface area contributed by atoms with Crippen LogP contribution in [0.2, 0.25) is 5.02 Å². The first-order valence-electron chi connectivity index (χ1n) is 8.15. The molecule has 1 heterocycles. The average molecular weight is 373 g/mol. The number of ether oxygens (including phenoxy) is 1. The summed E-state index contributed by atoms with van der Waals surface area (Å²) in [5.41, 5.74) is 0.539. The highest BCUT2D eigenvalue weighted by molar-refractivity contribution is 7.91.